The molecule has 1 saturated carbocycles. The van der Waals surface area contributed by atoms with Crippen molar-refractivity contribution in [2.24, 2.45) is 11.8 Å². The second kappa shape index (κ2) is 6.52. The van der Waals surface area contributed by atoms with Crippen LogP contribution in [0.25, 0.3) is 0 Å². The predicted molar refractivity (Wildman–Crippen MR) is 84.2 cm³/mol. The Hall–Kier alpha value is -2.17. The summed E-state index contributed by atoms with van der Waals surface area (Å²) < 4.78 is 10.1. The van der Waals surface area contributed by atoms with Gasteiger partial charge in [-0.3, -0.25) is 0 Å². The molecule has 0 spiro atoms. The Morgan fingerprint density at radius 3 is 2.09 bits per heavy atom. The van der Waals surface area contributed by atoms with E-state index < -0.39 is 11.9 Å². The molecule has 5 heteroatoms. The van der Waals surface area contributed by atoms with Gasteiger partial charge in [0.2, 0.25) is 0 Å². The minimum Gasteiger partial charge on any atom is -0.461 e. The van der Waals surface area contributed by atoms with Crippen molar-refractivity contribution >= 4 is 11.9 Å². The highest BCUT2D eigenvalue weighted by atomic mass is 16.5. The zero-order valence-electron chi connectivity index (χ0n) is 13.5. The first-order valence-electron chi connectivity index (χ1n) is 8.16. The summed E-state index contributed by atoms with van der Waals surface area (Å²) in [5.74, 6) is 0.411. The lowest BCUT2D eigenvalue weighted by atomic mass is 9.86. The van der Waals surface area contributed by atoms with Crippen molar-refractivity contribution in [3.8, 4) is 0 Å². The molecule has 3 rings (SSSR count). The summed E-state index contributed by atoms with van der Waals surface area (Å²) in [5.41, 5.74) is 1.33. The summed E-state index contributed by atoms with van der Waals surface area (Å²) in [7, 11) is 0. The number of esters is 2. The highest BCUT2D eigenvalue weighted by Crippen LogP contribution is 2.48. The van der Waals surface area contributed by atoms with Gasteiger partial charge in [0.25, 0.3) is 0 Å². The summed E-state index contributed by atoms with van der Waals surface area (Å²) in [5, 5.41) is 0. The van der Waals surface area contributed by atoms with Gasteiger partial charge in [-0.25, -0.2) is 14.6 Å². The van der Waals surface area contributed by atoms with E-state index in [0.717, 1.165) is 18.4 Å². The van der Waals surface area contributed by atoms with Crippen LogP contribution in [0.2, 0.25) is 0 Å². The number of hydrogen-bond donors (Lipinski definition) is 0. The average molecular weight is 315 g/mol. The maximum Gasteiger partial charge on any atom is 0.356 e. The van der Waals surface area contributed by atoms with Gasteiger partial charge in [-0.1, -0.05) is 12.2 Å². The number of carbonyl (C=O) groups is 2. The molecule has 5 nitrogen and oxygen atoms in total. The molecule has 3 unspecified atom stereocenters. The Bertz CT molecular complexity index is 616. The first-order valence-corrected chi connectivity index (χ1v) is 8.16. The molecular formula is C18H21NO4. The van der Waals surface area contributed by atoms with E-state index in [0.29, 0.717) is 17.8 Å². The molecule has 0 saturated heterocycles. The minimum atomic E-state index is -0.501. The third-order valence-electron chi connectivity index (χ3n) is 4.52. The molecule has 3 atom stereocenters. The fourth-order valence-electron chi connectivity index (χ4n) is 3.55. The molecule has 122 valence electrons. The van der Waals surface area contributed by atoms with Crippen molar-refractivity contribution < 1.29 is 19.1 Å². The highest BCUT2D eigenvalue weighted by Gasteiger charge is 2.37. The van der Waals surface area contributed by atoms with Gasteiger partial charge in [0.05, 0.1) is 13.2 Å². The number of allylic oxidation sites excluding steroid dienone is 2. The topological polar surface area (TPSA) is 65.5 Å². The van der Waals surface area contributed by atoms with Gasteiger partial charge in [-0.15, -0.1) is 0 Å². The largest absolute Gasteiger partial charge is 0.461 e. The van der Waals surface area contributed by atoms with Crippen molar-refractivity contribution in [3.63, 3.8) is 0 Å². The van der Waals surface area contributed by atoms with Crippen LogP contribution in [0.1, 0.15) is 59.1 Å². The third kappa shape index (κ3) is 3.14. The molecule has 1 aromatic rings. The van der Waals surface area contributed by atoms with Gasteiger partial charge < -0.3 is 9.47 Å². The molecule has 1 heterocycles. The molecule has 0 aromatic carbocycles. The van der Waals surface area contributed by atoms with E-state index in [2.05, 4.69) is 17.1 Å². The second-order valence-electron chi connectivity index (χ2n) is 6.00. The van der Waals surface area contributed by atoms with Crippen molar-refractivity contribution in [2.75, 3.05) is 13.2 Å². The van der Waals surface area contributed by atoms with Crippen LogP contribution in [0.3, 0.4) is 0 Å². The number of pyridine rings is 1. The fourth-order valence-corrected chi connectivity index (χ4v) is 3.55. The Morgan fingerprint density at radius 2 is 1.65 bits per heavy atom. The van der Waals surface area contributed by atoms with Crippen molar-refractivity contribution in [1.29, 1.82) is 0 Å². The Balaban J connectivity index is 1.95. The van der Waals surface area contributed by atoms with Crippen LogP contribution in [0.15, 0.2) is 24.3 Å². The van der Waals surface area contributed by atoms with Crippen LogP contribution >= 0.6 is 0 Å². The summed E-state index contributed by atoms with van der Waals surface area (Å²) in [6.45, 7) is 4.04. The van der Waals surface area contributed by atoms with E-state index in [1.807, 2.05) is 0 Å². The van der Waals surface area contributed by atoms with Crippen LogP contribution in [-0.4, -0.2) is 30.1 Å². The first-order chi connectivity index (χ1) is 11.1. The SMILES string of the molecule is CCOC(=O)c1cc(C2CC3C=CC2C3)cc(C(=O)OCC)n1. The maximum atomic E-state index is 12.1. The number of hydrogen-bond acceptors (Lipinski definition) is 5. The number of nitrogens with zero attached hydrogens (tertiary/aromatic N) is 1. The number of aromatic nitrogens is 1. The van der Waals surface area contributed by atoms with Gasteiger partial charge in [-0.2, -0.15) is 0 Å². The van der Waals surface area contributed by atoms with Crippen LogP contribution in [0.5, 0.6) is 0 Å². The molecule has 1 fully saturated rings. The Kier molecular flexibility index (Phi) is 4.46. The van der Waals surface area contributed by atoms with Crippen LogP contribution < -0.4 is 0 Å². The summed E-state index contributed by atoms with van der Waals surface area (Å²) in [4.78, 5) is 28.2. The standard InChI is InChI=1S/C18H21NO4/c1-3-22-17(20)15-9-13(10-16(19-15)18(21)23-4-2)14-8-11-5-6-12(14)7-11/h5-6,9-12,14H,3-4,7-8H2,1-2H3. The van der Waals surface area contributed by atoms with Crippen molar-refractivity contribution in [1.82, 2.24) is 4.98 Å². The maximum absolute atomic E-state index is 12.1. The monoisotopic (exact) mass is 315 g/mol. The van der Waals surface area contributed by atoms with Gasteiger partial charge in [0, 0.05) is 0 Å². The molecule has 1 aromatic heterocycles. The molecule has 0 radical (unpaired) electrons. The Morgan fingerprint density at radius 1 is 1.04 bits per heavy atom. The van der Waals surface area contributed by atoms with E-state index in [-0.39, 0.29) is 24.6 Å². The smallest absolute Gasteiger partial charge is 0.356 e. The summed E-state index contributed by atoms with van der Waals surface area (Å²) >= 11 is 0. The molecule has 2 aliphatic rings. The lowest BCUT2D eigenvalue weighted by molar-refractivity contribution is 0.0511. The molecule has 2 aliphatic carbocycles. The summed E-state index contributed by atoms with van der Waals surface area (Å²) in [6.07, 6.45) is 6.71. The van der Waals surface area contributed by atoms with E-state index in [4.69, 9.17) is 9.47 Å². The van der Waals surface area contributed by atoms with E-state index >= 15 is 0 Å². The second-order valence-corrected chi connectivity index (χ2v) is 6.00. The molecule has 0 amide bonds. The molecule has 23 heavy (non-hydrogen) atoms. The number of carbonyl (C=O) groups excluding carboxylic acids is 2. The average Bonchev–Trinajstić information content (AvgIpc) is 3.18. The molecule has 0 aliphatic heterocycles. The van der Waals surface area contributed by atoms with Crippen molar-refractivity contribution in [2.45, 2.75) is 32.6 Å². The van der Waals surface area contributed by atoms with Gasteiger partial charge in [0.1, 0.15) is 11.4 Å². The lowest BCUT2D eigenvalue weighted by Gasteiger charge is -2.19. The van der Waals surface area contributed by atoms with Crippen molar-refractivity contribution in [3.05, 3.63) is 41.2 Å². The predicted octanol–water partition coefficient (Wildman–Crippen LogP) is 3.11. The van der Waals surface area contributed by atoms with Gasteiger partial charge in [-0.05, 0) is 62.1 Å². The number of fused-ring (bicyclic) bond motifs is 2. The zero-order chi connectivity index (χ0) is 16.4. The molecule has 2 bridgehead atoms. The normalized spacial score (nSPS) is 24.7. The number of rotatable bonds is 5. The van der Waals surface area contributed by atoms with Crippen LogP contribution in [0.4, 0.5) is 0 Å². The lowest BCUT2D eigenvalue weighted by Crippen LogP contribution is -2.16. The third-order valence-corrected chi connectivity index (χ3v) is 4.52. The summed E-state index contributed by atoms with van der Waals surface area (Å²) in [6, 6.07) is 3.53. The van der Waals surface area contributed by atoms with E-state index in [1.54, 1.807) is 26.0 Å². The van der Waals surface area contributed by atoms with E-state index in [1.165, 1.54) is 0 Å². The van der Waals surface area contributed by atoms with Crippen LogP contribution in [0, 0.1) is 11.8 Å². The quantitative estimate of drug-likeness (QED) is 0.617. The first kappa shape index (κ1) is 15.7. The minimum absolute atomic E-state index is 0.180. The van der Waals surface area contributed by atoms with Gasteiger partial charge >= 0.3 is 11.9 Å². The fraction of sp³-hybridized carbons (Fsp3) is 0.500. The zero-order valence-corrected chi connectivity index (χ0v) is 13.5. The highest BCUT2D eigenvalue weighted by molar-refractivity contribution is 5.92. The van der Waals surface area contributed by atoms with E-state index in [9.17, 15) is 9.59 Å². The molecule has 0 N–H and O–H groups in total. The number of ether oxygens (including phenoxy) is 2. The van der Waals surface area contributed by atoms with Gasteiger partial charge in [0.15, 0.2) is 0 Å². The Labute approximate surface area is 135 Å². The van der Waals surface area contributed by atoms with Crippen LogP contribution in [-0.2, 0) is 9.47 Å². The molecular weight excluding hydrogens is 294 g/mol.